The SMILES string of the molecule is COC(=O)C(CCCCl)(c1ccc(CO)c(CO)c1)C(C)C. The number of hydrogen-bond acceptors (Lipinski definition) is 4. The zero-order valence-electron chi connectivity index (χ0n) is 13.4. The van der Waals surface area contributed by atoms with Crippen LogP contribution in [-0.2, 0) is 28.2 Å². The van der Waals surface area contributed by atoms with Gasteiger partial charge in [0.1, 0.15) is 0 Å². The number of hydrogen-bond donors (Lipinski definition) is 2. The van der Waals surface area contributed by atoms with Gasteiger partial charge in [-0.15, -0.1) is 11.6 Å². The molecule has 0 bridgehead atoms. The van der Waals surface area contributed by atoms with Crippen molar-refractivity contribution in [3.05, 3.63) is 34.9 Å². The zero-order valence-corrected chi connectivity index (χ0v) is 14.2. The molecule has 4 nitrogen and oxygen atoms in total. The topological polar surface area (TPSA) is 66.8 Å². The molecule has 0 heterocycles. The molecule has 5 heteroatoms. The summed E-state index contributed by atoms with van der Waals surface area (Å²) in [5.41, 5.74) is 1.27. The van der Waals surface area contributed by atoms with E-state index in [0.29, 0.717) is 29.8 Å². The molecule has 1 rings (SSSR count). The second-order valence-corrected chi connectivity index (χ2v) is 6.09. The summed E-state index contributed by atoms with van der Waals surface area (Å²) in [4.78, 5) is 12.6. The van der Waals surface area contributed by atoms with E-state index in [9.17, 15) is 15.0 Å². The van der Waals surface area contributed by atoms with Crippen molar-refractivity contribution in [1.82, 2.24) is 0 Å². The molecule has 2 N–H and O–H groups in total. The lowest BCUT2D eigenvalue weighted by molar-refractivity contribution is -0.150. The van der Waals surface area contributed by atoms with Crippen molar-refractivity contribution in [3.8, 4) is 0 Å². The molecular weight excluding hydrogens is 304 g/mol. The van der Waals surface area contributed by atoms with Crippen molar-refractivity contribution >= 4 is 17.6 Å². The molecule has 0 aliphatic heterocycles. The zero-order chi connectivity index (χ0) is 16.8. The Kier molecular flexibility index (Phi) is 7.33. The molecule has 0 spiro atoms. The van der Waals surface area contributed by atoms with Gasteiger partial charge < -0.3 is 14.9 Å². The average molecular weight is 329 g/mol. The lowest BCUT2D eigenvalue weighted by Gasteiger charge is -2.36. The second kappa shape index (κ2) is 8.51. The maximum atomic E-state index is 12.6. The fourth-order valence-corrected chi connectivity index (χ4v) is 3.09. The number of rotatable bonds is 8. The summed E-state index contributed by atoms with van der Waals surface area (Å²) in [6.07, 6.45) is 1.26. The van der Waals surface area contributed by atoms with Gasteiger partial charge in [-0.3, -0.25) is 4.79 Å². The number of halogens is 1. The highest BCUT2D eigenvalue weighted by molar-refractivity contribution is 6.17. The summed E-state index contributed by atoms with van der Waals surface area (Å²) < 4.78 is 5.06. The summed E-state index contributed by atoms with van der Waals surface area (Å²) in [6, 6.07) is 5.37. The van der Waals surface area contributed by atoms with Crippen molar-refractivity contribution in [3.63, 3.8) is 0 Å². The van der Waals surface area contributed by atoms with E-state index in [1.807, 2.05) is 19.9 Å². The lowest BCUT2D eigenvalue weighted by atomic mass is 9.68. The Balaban J connectivity index is 3.45. The largest absolute Gasteiger partial charge is 0.468 e. The summed E-state index contributed by atoms with van der Waals surface area (Å²) in [7, 11) is 1.38. The Morgan fingerprint density at radius 2 is 1.91 bits per heavy atom. The van der Waals surface area contributed by atoms with E-state index in [-0.39, 0.29) is 25.1 Å². The van der Waals surface area contributed by atoms with Crippen molar-refractivity contribution in [2.24, 2.45) is 5.92 Å². The molecule has 1 aromatic rings. The third kappa shape index (κ3) is 3.62. The third-order valence-electron chi connectivity index (χ3n) is 4.30. The number of alkyl halides is 1. The van der Waals surface area contributed by atoms with Crippen LogP contribution in [0.25, 0.3) is 0 Å². The third-order valence-corrected chi connectivity index (χ3v) is 4.57. The van der Waals surface area contributed by atoms with E-state index in [1.165, 1.54) is 7.11 Å². The van der Waals surface area contributed by atoms with Crippen LogP contribution < -0.4 is 0 Å². The standard InChI is InChI=1S/C17H25ClO4/c1-12(2)17(7-4-8-18,16(21)22-3)15-6-5-13(10-19)14(9-15)11-20/h5-6,9,12,19-20H,4,7-8,10-11H2,1-3H3. The number of benzene rings is 1. The van der Waals surface area contributed by atoms with Gasteiger partial charge in [0.2, 0.25) is 0 Å². The summed E-state index contributed by atoms with van der Waals surface area (Å²) in [5.74, 6) is 0.176. The number of ether oxygens (including phenoxy) is 1. The first-order chi connectivity index (χ1) is 10.5. The normalized spacial score (nSPS) is 14.0. The smallest absolute Gasteiger partial charge is 0.316 e. The fraction of sp³-hybridized carbons (Fsp3) is 0.588. The van der Waals surface area contributed by atoms with Crippen LogP contribution >= 0.6 is 11.6 Å². The van der Waals surface area contributed by atoms with Crippen LogP contribution in [0, 0.1) is 5.92 Å². The van der Waals surface area contributed by atoms with Crippen LogP contribution in [0.1, 0.15) is 43.4 Å². The second-order valence-electron chi connectivity index (χ2n) is 5.71. The minimum Gasteiger partial charge on any atom is -0.468 e. The predicted octanol–water partition coefficient (Wildman–Crippen LogP) is 2.76. The van der Waals surface area contributed by atoms with E-state index in [1.54, 1.807) is 12.1 Å². The van der Waals surface area contributed by atoms with Crippen LogP contribution in [0.2, 0.25) is 0 Å². The summed E-state index contributed by atoms with van der Waals surface area (Å²) in [6.45, 7) is 3.62. The molecule has 0 fully saturated rings. The lowest BCUT2D eigenvalue weighted by Crippen LogP contribution is -2.42. The van der Waals surface area contributed by atoms with Gasteiger partial charge in [0, 0.05) is 5.88 Å². The molecular formula is C17H25ClO4. The van der Waals surface area contributed by atoms with Gasteiger partial charge in [0.15, 0.2) is 0 Å². The summed E-state index contributed by atoms with van der Waals surface area (Å²) in [5, 5.41) is 18.8. The Hall–Kier alpha value is -1.10. The van der Waals surface area contributed by atoms with Gasteiger partial charge in [-0.2, -0.15) is 0 Å². The van der Waals surface area contributed by atoms with Gasteiger partial charge >= 0.3 is 5.97 Å². The first-order valence-electron chi connectivity index (χ1n) is 7.46. The van der Waals surface area contributed by atoms with Gasteiger partial charge in [0.25, 0.3) is 0 Å². The molecule has 0 aliphatic rings. The maximum absolute atomic E-state index is 12.6. The monoisotopic (exact) mass is 328 g/mol. The predicted molar refractivity (Wildman–Crippen MR) is 86.8 cm³/mol. The van der Waals surface area contributed by atoms with Crippen molar-refractivity contribution in [1.29, 1.82) is 0 Å². The average Bonchev–Trinajstić information content (AvgIpc) is 2.54. The number of aliphatic hydroxyl groups is 2. The van der Waals surface area contributed by atoms with Gasteiger partial charge in [-0.25, -0.2) is 0 Å². The number of methoxy groups -OCH3 is 1. The van der Waals surface area contributed by atoms with Crippen molar-refractivity contribution < 1.29 is 19.7 Å². The molecule has 0 radical (unpaired) electrons. The highest BCUT2D eigenvalue weighted by Crippen LogP contribution is 2.39. The highest BCUT2D eigenvalue weighted by Gasteiger charge is 2.44. The van der Waals surface area contributed by atoms with E-state index in [0.717, 1.165) is 5.56 Å². The van der Waals surface area contributed by atoms with Crippen LogP contribution in [0.5, 0.6) is 0 Å². The number of esters is 1. The molecule has 22 heavy (non-hydrogen) atoms. The van der Waals surface area contributed by atoms with Gasteiger partial charge in [-0.1, -0.05) is 32.0 Å². The first-order valence-corrected chi connectivity index (χ1v) is 7.99. The Morgan fingerprint density at radius 1 is 1.27 bits per heavy atom. The number of carbonyl (C=O) groups excluding carboxylic acids is 1. The van der Waals surface area contributed by atoms with E-state index in [4.69, 9.17) is 16.3 Å². The van der Waals surface area contributed by atoms with Crippen LogP contribution in [0.15, 0.2) is 18.2 Å². The van der Waals surface area contributed by atoms with Gasteiger partial charge in [0.05, 0.1) is 25.7 Å². The number of carbonyl (C=O) groups is 1. The molecule has 1 aromatic carbocycles. The van der Waals surface area contributed by atoms with E-state index < -0.39 is 5.41 Å². The van der Waals surface area contributed by atoms with E-state index >= 15 is 0 Å². The molecule has 0 amide bonds. The minimum atomic E-state index is -0.804. The molecule has 0 aliphatic carbocycles. The van der Waals surface area contributed by atoms with Crippen LogP contribution in [0.4, 0.5) is 0 Å². The van der Waals surface area contributed by atoms with Crippen molar-refractivity contribution in [2.45, 2.75) is 45.3 Å². The van der Waals surface area contributed by atoms with Crippen LogP contribution in [-0.4, -0.2) is 29.2 Å². The Bertz CT molecular complexity index is 501. The molecule has 0 aromatic heterocycles. The first kappa shape index (κ1) is 18.9. The minimum absolute atomic E-state index is 0.00897. The van der Waals surface area contributed by atoms with Crippen LogP contribution in [0.3, 0.4) is 0 Å². The van der Waals surface area contributed by atoms with Crippen molar-refractivity contribution in [2.75, 3.05) is 13.0 Å². The molecule has 0 saturated heterocycles. The number of aliphatic hydroxyl groups excluding tert-OH is 2. The Morgan fingerprint density at radius 3 is 2.36 bits per heavy atom. The molecule has 1 atom stereocenters. The Labute approximate surface area is 137 Å². The maximum Gasteiger partial charge on any atom is 0.316 e. The fourth-order valence-electron chi connectivity index (χ4n) is 2.95. The molecule has 124 valence electrons. The quantitative estimate of drug-likeness (QED) is 0.569. The molecule has 1 unspecified atom stereocenters. The highest BCUT2D eigenvalue weighted by atomic mass is 35.5. The van der Waals surface area contributed by atoms with Gasteiger partial charge in [-0.05, 0) is 35.4 Å². The molecule has 0 saturated carbocycles. The van der Waals surface area contributed by atoms with E-state index in [2.05, 4.69) is 0 Å². The summed E-state index contributed by atoms with van der Waals surface area (Å²) >= 11 is 5.83.